The first-order valence-corrected chi connectivity index (χ1v) is 7.24. The molecule has 4 heteroatoms. The second kappa shape index (κ2) is 12.8. The molecule has 0 radical (unpaired) electrons. The van der Waals surface area contributed by atoms with Crippen LogP contribution in [0.15, 0.2) is 0 Å². The first kappa shape index (κ1) is 17.4. The van der Waals surface area contributed by atoms with E-state index in [0.29, 0.717) is 13.2 Å². The maximum atomic E-state index is 11.6. The molecule has 0 aliphatic rings. The number of nitrogens with zero attached hydrogens (tertiary/aromatic N) is 1. The van der Waals surface area contributed by atoms with Crippen LogP contribution in [0.25, 0.3) is 0 Å². The Hall–Kier alpha value is -0.610. The van der Waals surface area contributed by atoms with Crippen molar-refractivity contribution in [1.82, 2.24) is 4.90 Å². The van der Waals surface area contributed by atoms with Gasteiger partial charge in [-0.1, -0.05) is 39.0 Å². The largest absolute Gasteiger partial charge is 0.372 e. The van der Waals surface area contributed by atoms with Crippen molar-refractivity contribution in [3.63, 3.8) is 0 Å². The van der Waals surface area contributed by atoms with E-state index in [4.69, 9.17) is 10.5 Å². The second-order valence-corrected chi connectivity index (χ2v) is 4.78. The summed E-state index contributed by atoms with van der Waals surface area (Å²) in [6, 6.07) is 0. The molecule has 0 saturated carbocycles. The van der Waals surface area contributed by atoms with Crippen molar-refractivity contribution in [2.75, 3.05) is 33.4 Å². The summed E-state index contributed by atoms with van der Waals surface area (Å²) in [4.78, 5) is 13.3. The van der Waals surface area contributed by atoms with Gasteiger partial charge in [-0.2, -0.15) is 0 Å². The maximum Gasteiger partial charge on any atom is 0.248 e. The molecular weight excluding hydrogens is 228 g/mol. The maximum absolute atomic E-state index is 11.6. The van der Waals surface area contributed by atoms with Crippen molar-refractivity contribution in [2.45, 2.75) is 51.9 Å². The van der Waals surface area contributed by atoms with Gasteiger partial charge in [-0.3, -0.25) is 4.79 Å². The van der Waals surface area contributed by atoms with E-state index in [1.54, 1.807) is 11.9 Å². The van der Waals surface area contributed by atoms with Crippen LogP contribution in [-0.4, -0.2) is 44.2 Å². The fraction of sp³-hybridized carbons (Fsp3) is 0.929. The molecule has 0 fully saturated rings. The van der Waals surface area contributed by atoms with Gasteiger partial charge in [0.15, 0.2) is 0 Å². The van der Waals surface area contributed by atoms with Gasteiger partial charge < -0.3 is 15.4 Å². The Bertz CT molecular complexity index is 198. The van der Waals surface area contributed by atoms with Crippen LogP contribution in [0.4, 0.5) is 0 Å². The van der Waals surface area contributed by atoms with Gasteiger partial charge in [-0.15, -0.1) is 0 Å². The lowest BCUT2D eigenvalue weighted by Crippen LogP contribution is -2.32. The third-order valence-electron chi connectivity index (χ3n) is 2.99. The standard InChI is InChI=1S/C14H30N2O2/c1-3-4-5-6-7-8-12-18-13-14(17)16(2)11-9-10-15/h3-13,15H2,1-2H3. The molecule has 0 aliphatic heterocycles. The summed E-state index contributed by atoms with van der Waals surface area (Å²) in [6.07, 6.45) is 8.31. The van der Waals surface area contributed by atoms with Gasteiger partial charge in [-0.25, -0.2) is 0 Å². The molecule has 0 atom stereocenters. The van der Waals surface area contributed by atoms with Crippen LogP contribution >= 0.6 is 0 Å². The summed E-state index contributed by atoms with van der Waals surface area (Å²) in [5.41, 5.74) is 5.40. The highest BCUT2D eigenvalue weighted by Gasteiger charge is 2.07. The molecule has 0 aromatic carbocycles. The van der Waals surface area contributed by atoms with Crippen LogP contribution in [0.2, 0.25) is 0 Å². The van der Waals surface area contributed by atoms with E-state index in [9.17, 15) is 4.79 Å². The Morgan fingerprint density at radius 3 is 2.44 bits per heavy atom. The molecule has 0 aromatic heterocycles. The van der Waals surface area contributed by atoms with Gasteiger partial charge >= 0.3 is 0 Å². The SMILES string of the molecule is CCCCCCCCOCC(=O)N(C)CCCN. The zero-order valence-electron chi connectivity index (χ0n) is 12.1. The van der Waals surface area contributed by atoms with Crippen LogP contribution in [-0.2, 0) is 9.53 Å². The fourth-order valence-corrected chi connectivity index (χ4v) is 1.71. The highest BCUT2D eigenvalue weighted by atomic mass is 16.5. The van der Waals surface area contributed by atoms with Gasteiger partial charge in [0.1, 0.15) is 6.61 Å². The lowest BCUT2D eigenvalue weighted by Gasteiger charge is -2.16. The summed E-state index contributed by atoms with van der Waals surface area (Å²) in [5, 5.41) is 0. The highest BCUT2D eigenvalue weighted by Crippen LogP contribution is 2.04. The van der Waals surface area contributed by atoms with Crippen LogP contribution in [0, 0.1) is 0 Å². The van der Waals surface area contributed by atoms with Crippen molar-refractivity contribution in [1.29, 1.82) is 0 Å². The van der Waals surface area contributed by atoms with Gasteiger partial charge in [0.2, 0.25) is 5.91 Å². The normalized spacial score (nSPS) is 10.6. The summed E-state index contributed by atoms with van der Waals surface area (Å²) in [5.74, 6) is 0.0504. The van der Waals surface area contributed by atoms with Crippen LogP contribution in [0.5, 0.6) is 0 Å². The molecule has 0 saturated heterocycles. The van der Waals surface area contributed by atoms with Crippen molar-refractivity contribution >= 4 is 5.91 Å². The number of unbranched alkanes of at least 4 members (excludes halogenated alkanes) is 5. The zero-order valence-corrected chi connectivity index (χ0v) is 12.1. The predicted molar refractivity (Wildman–Crippen MR) is 75.5 cm³/mol. The van der Waals surface area contributed by atoms with Gasteiger partial charge in [-0.05, 0) is 19.4 Å². The van der Waals surface area contributed by atoms with E-state index in [1.807, 2.05) is 0 Å². The Balaban J connectivity index is 3.29. The molecule has 4 nitrogen and oxygen atoms in total. The lowest BCUT2D eigenvalue weighted by atomic mass is 10.1. The fourth-order valence-electron chi connectivity index (χ4n) is 1.71. The third kappa shape index (κ3) is 10.5. The van der Waals surface area contributed by atoms with Crippen LogP contribution in [0.3, 0.4) is 0 Å². The summed E-state index contributed by atoms with van der Waals surface area (Å²) >= 11 is 0. The Morgan fingerprint density at radius 1 is 1.11 bits per heavy atom. The Morgan fingerprint density at radius 2 is 1.78 bits per heavy atom. The van der Waals surface area contributed by atoms with Crippen molar-refractivity contribution in [3.05, 3.63) is 0 Å². The van der Waals surface area contributed by atoms with Gasteiger partial charge in [0, 0.05) is 20.2 Å². The number of rotatable bonds is 12. The lowest BCUT2D eigenvalue weighted by molar-refractivity contribution is -0.134. The summed E-state index contributed by atoms with van der Waals surface area (Å²) < 4.78 is 5.38. The first-order chi connectivity index (χ1) is 8.72. The Kier molecular flexibility index (Phi) is 12.4. The molecule has 108 valence electrons. The quantitative estimate of drug-likeness (QED) is 0.546. The first-order valence-electron chi connectivity index (χ1n) is 7.24. The molecular formula is C14H30N2O2. The molecule has 0 rings (SSSR count). The number of hydrogen-bond donors (Lipinski definition) is 1. The smallest absolute Gasteiger partial charge is 0.248 e. The van der Waals surface area contributed by atoms with Crippen LogP contribution in [0.1, 0.15) is 51.9 Å². The van der Waals surface area contributed by atoms with Crippen molar-refractivity contribution in [3.8, 4) is 0 Å². The number of carbonyl (C=O) groups excluding carboxylic acids is 1. The number of likely N-dealkylation sites (N-methyl/N-ethyl adjacent to an activating group) is 1. The average molecular weight is 258 g/mol. The van der Waals surface area contributed by atoms with Gasteiger partial charge in [0.05, 0.1) is 0 Å². The number of carbonyl (C=O) groups is 1. The monoisotopic (exact) mass is 258 g/mol. The molecule has 0 unspecified atom stereocenters. The number of nitrogens with two attached hydrogens (primary N) is 1. The average Bonchev–Trinajstić information content (AvgIpc) is 2.38. The molecule has 0 spiro atoms. The van der Waals surface area contributed by atoms with E-state index in [-0.39, 0.29) is 12.5 Å². The number of ether oxygens (including phenoxy) is 1. The molecule has 1 amide bonds. The topological polar surface area (TPSA) is 55.6 Å². The van der Waals surface area contributed by atoms with Gasteiger partial charge in [0.25, 0.3) is 0 Å². The molecule has 0 aromatic rings. The number of amides is 1. The minimum absolute atomic E-state index is 0.0504. The summed E-state index contributed by atoms with van der Waals surface area (Å²) in [7, 11) is 1.80. The minimum Gasteiger partial charge on any atom is -0.372 e. The molecule has 2 N–H and O–H groups in total. The second-order valence-electron chi connectivity index (χ2n) is 4.78. The molecule has 0 bridgehead atoms. The van der Waals surface area contributed by atoms with Crippen molar-refractivity contribution < 1.29 is 9.53 Å². The van der Waals surface area contributed by atoms with Crippen LogP contribution < -0.4 is 5.73 Å². The molecule has 0 aliphatic carbocycles. The van der Waals surface area contributed by atoms with E-state index in [1.165, 1.54) is 32.1 Å². The third-order valence-corrected chi connectivity index (χ3v) is 2.99. The minimum atomic E-state index is 0.0504. The number of hydrogen-bond acceptors (Lipinski definition) is 3. The van der Waals surface area contributed by atoms with E-state index in [2.05, 4.69) is 6.92 Å². The zero-order chi connectivity index (χ0) is 13.6. The predicted octanol–water partition coefficient (Wildman–Crippen LogP) is 2.17. The molecule has 0 heterocycles. The van der Waals surface area contributed by atoms with Crippen molar-refractivity contribution in [2.24, 2.45) is 5.73 Å². The van der Waals surface area contributed by atoms with E-state index in [0.717, 1.165) is 19.4 Å². The van der Waals surface area contributed by atoms with E-state index < -0.39 is 0 Å². The molecule has 18 heavy (non-hydrogen) atoms. The van der Waals surface area contributed by atoms with E-state index >= 15 is 0 Å². The Labute approximate surface area is 112 Å². The highest BCUT2D eigenvalue weighted by molar-refractivity contribution is 5.77. The summed E-state index contributed by atoms with van der Waals surface area (Å²) in [6.45, 7) is 4.46.